The zero-order valence-corrected chi connectivity index (χ0v) is 12.6. The maximum absolute atomic E-state index is 13.9. The molecule has 0 saturated carbocycles. The summed E-state index contributed by atoms with van der Waals surface area (Å²) in [5.74, 6) is 5.46. The predicted octanol–water partition coefficient (Wildman–Crippen LogP) is 1.76. The summed E-state index contributed by atoms with van der Waals surface area (Å²) in [6.07, 6.45) is 0. The number of carbonyl (C=O) groups excluding carboxylic acids is 1. The van der Waals surface area contributed by atoms with Crippen LogP contribution in [0, 0.1) is 5.82 Å². The molecule has 0 atom stereocenters. The number of hydrogen-bond donors (Lipinski definition) is 2. The summed E-state index contributed by atoms with van der Waals surface area (Å²) >= 11 is 1.93. The Morgan fingerprint density at radius 2 is 2.30 bits per heavy atom. The van der Waals surface area contributed by atoms with Crippen LogP contribution in [-0.2, 0) is 6.54 Å². The molecule has 1 aliphatic rings. The third-order valence-corrected chi connectivity index (χ3v) is 4.63. The molecular formula is C14H20FN3OS. The summed E-state index contributed by atoms with van der Waals surface area (Å²) in [6.45, 7) is 6.74. The molecule has 0 aliphatic carbocycles. The lowest BCUT2D eigenvalue weighted by molar-refractivity contribution is 0.0953. The van der Waals surface area contributed by atoms with Crippen LogP contribution in [0.1, 0.15) is 29.8 Å². The van der Waals surface area contributed by atoms with Gasteiger partial charge in [-0.1, -0.05) is 0 Å². The van der Waals surface area contributed by atoms with Crippen LogP contribution in [-0.4, -0.2) is 34.4 Å². The summed E-state index contributed by atoms with van der Waals surface area (Å²) in [7, 11) is 0. The summed E-state index contributed by atoms with van der Waals surface area (Å²) in [5.41, 5.74) is 2.99. The number of benzene rings is 1. The number of nitrogens with one attached hydrogen (secondary N) is 1. The molecule has 2 rings (SSSR count). The fraction of sp³-hybridized carbons (Fsp3) is 0.500. The van der Waals surface area contributed by atoms with Crippen molar-refractivity contribution >= 4 is 17.7 Å². The van der Waals surface area contributed by atoms with Crippen molar-refractivity contribution in [1.82, 2.24) is 10.3 Å². The normalized spacial score (nSPS) is 18.8. The number of hydrazine groups is 1. The molecule has 4 nitrogen and oxygen atoms in total. The number of carbonyl (C=O) groups is 1. The van der Waals surface area contributed by atoms with Gasteiger partial charge in [0.2, 0.25) is 0 Å². The van der Waals surface area contributed by atoms with E-state index in [2.05, 4.69) is 24.2 Å². The average Bonchev–Trinajstić information content (AvgIpc) is 2.39. The number of hydrogen-bond acceptors (Lipinski definition) is 4. The summed E-state index contributed by atoms with van der Waals surface area (Å²) in [6, 6.07) is 4.34. The fourth-order valence-corrected chi connectivity index (χ4v) is 3.59. The Bertz CT molecular complexity index is 507. The highest BCUT2D eigenvalue weighted by Crippen LogP contribution is 2.30. The molecule has 0 unspecified atom stereocenters. The maximum Gasteiger partial charge on any atom is 0.265 e. The van der Waals surface area contributed by atoms with Crippen molar-refractivity contribution in [3.05, 3.63) is 35.1 Å². The van der Waals surface area contributed by atoms with E-state index in [1.54, 1.807) is 6.07 Å². The van der Waals surface area contributed by atoms with Crippen molar-refractivity contribution in [3.63, 3.8) is 0 Å². The molecule has 1 amide bonds. The van der Waals surface area contributed by atoms with Crippen molar-refractivity contribution in [2.75, 3.05) is 18.8 Å². The van der Waals surface area contributed by atoms with Crippen LogP contribution < -0.4 is 11.3 Å². The van der Waals surface area contributed by atoms with E-state index in [-0.39, 0.29) is 10.6 Å². The van der Waals surface area contributed by atoms with Crippen LogP contribution >= 0.6 is 11.8 Å². The fourth-order valence-electron chi connectivity index (χ4n) is 2.41. The zero-order valence-electron chi connectivity index (χ0n) is 11.8. The highest BCUT2D eigenvalue weighted by Gasteiger charge is 2.27. The van der Waals surface area contributed by atoms with Crippen LogP contribution in [0.3, 0.4) is 0 Å². The van der Waals surface area contributed by atoms with Crippen molar-refractivity contribution in [2.24, 2.45) is 5.84 Å². The van der Waals surface area contributed by atoms with Crippen LogP contribution in [0.5, 0.6) is 0 Å². The van der Waals surface area contributed by atoms with Gasteiger partial charge in [-0.15, -0.1) is 0 Å². The van der Waals surface area contributed by atoms with E-state index in [0.29, 0.717) is 17.7 Å². The number of thioether (sulfide) groups is 1. The highest BCUT2D eigenvalue weighted by molar-refractivity contribution is 8.00. The number of nitrogen functional groups attached to an aromatic ring is 1. The molecule has 1 fully saturated rings. The molecule has 1 aromatic carbocycles. The van der Waals surface area contributed by atoms with Crippen LogP contribution in [0.2, 0.25) is 0 Å². The van der Waals surface area contributed by atoms with E-state index in [4.69, 9.17) is 5.84 Å². The lowest BCUT2D eigenvalue weighted by Gasteiger charge is -2.37. The number of nitrogens with zero attached hydrogens (tertiary/aromatic N) is 1. The molecule has 1 aromatic rings. The third-order valence-electron chi connectivity index (χ3n) is 3.34. The third kappa shape index (κ3) is 3.71. The quantitative estimate of drug-likeness (QED) is 0.507. The lowest BCUT2D eigenvalue weighted by atomic mass is 10.1. The molecule has 3 N–H and O–H groups in total. The van der Waals surface area contributed by atoms with Gasteiger partial charge in [0.15, 0.2) is 0 Å². The number of amides is 1. The Labute approximate surface area is 122 Å². The van der Waals surface area contributed by atoms with Crippen molar-refractivity contribution in [3.8, 4) is 0 Å². The van der Waals surface area contributed by atoms with Crippen molar-refractivity contribution < 1.29 is 9.18 Å². The van der Waals surface area contributed by atoms with Gasteiger partial charge in [0.25, 0.3) is 5.91 Å². The smallest absolute Gasteiger partial charge is 0.265 e. The van der Waals surface area contributed by atoms with Gasteiger partial charge in [-0.25, -0.2) is 10.2 Å². The average molecular weight is 297 g/mol. The van der Waals surface area contributed by atoms with Gasteiger partial charge < -0.3 is 0 Å². The molecule has 0 bridgehead atoms. The molecule has 0 aromatic heterocycles. The van der Waals surface area contributed by atoms with E-state index in [9.17, 15) is 9.18 Å². The topological polar surface area (TPSA) is 58.4 Å². The Morgan fingerprint density at radius 3 is 2.95 bits per heavy atom. The Morgan fingerprint density at radius 1 is 1.55 bits per heavy atom. The largest absolute Gasteiger partial charge is 0.297 e. The first-order valence-corrected chi connectivity index (χ1v) is 7.55. The van der Waals surface area contributed by atoms with E-state index < -0.39 is 5.91 Å². The minimum Gasteiger partial charge on any atom is -0.297 e. The second kappa shape index (κ2) is 6.11. The van der Waals surface area contributed by atoms with Crippen LogP contribution in [0.25, 0.3) is 0 Å². The van der Waals surface area contributed by atoms with Crippen LogP contribution in [0.4, 0.5) is 4.39 Å². The summed E-state index contributed by atoms with van der Waals surface area (Å²) in [4.78, 5) is 13.7. The van der Waals surface area contributed by atoms with Gasteiger partial charge in [0.05, 0.1) is 0 Å². The van der Waals surface area contributed by atoms with Crippen molar-refractivity contribution in [2.45, 2.75) is 25.1 Å². The standard InChI is InChI=1S/C14H20FN3OS/c1-14(2)9-18(5-6-20-14)8-11-7-10(13(19)17-16)3-4-12(11)15/h3-4,7H,5-6,8-9,16H2,1-2H3,(H,17,19). The van der Waals surface area contributed by atoms with E-state index in [1.165, 1.54) is 12.1 Å². The molecule has 1 heterocycles. The predicted molar refractivity (Wildman–Crippen MR) is 79.9 cm³/mol. The second-order valence-electron chi connectivity index (χ2n) is 5.60. The molecule has 110 valence electrons. The lowest BCUT2D eigenvalue weighted by Crippen LogP contribution is -2.42. The second-order valence-corrected chi connectivity index (χ2v) is 7.40. The molecule has 0 spiro atoms. The van der Waals surface area contributed by atoms with E-state index in [1.807, 2.05) is 11.8 Å². The Balaban J connectivity index is 2.14. The first-order chi connectivity index (χ1) is 9.41. The molecule has 1 saturated heterocycles. The van der Waals surface area contributed by atoms with E-state index >= 15 is 0 Å². The minimum atomic E-state index is -0.402. The molecule has 0 radical (unpaired) electrons. The Kier molecular flexibility index (Phi) is 4.67. The van der Waals surface area contributed by atoms with Gasteiger partial charge in [-0.05, 0) is 32.0 Å². The number of rotatable bonds is 3. The molecule has 1 aliphatic heterocycles. The number of halogens is 1. The van der Waals surface area contributed by atoms with Crippen molar-refractivity contribution in [1.29, 1.82) is 0 Å². The molecular weight excluding hydrogens is 277 g/mol. The van der Waals surface area contributed by atoms with Gasteiger partial charge in [-0.3, -0.25) is 15.1 Å². The van der Waals surface area contributed by atoms with Gasteiger partial charge >= 0.3 is 0 Å². The SMILES string of the molecule is CC1(C)CN(Cc2cc(C(=O)NN)ccc2F)CCS1. The summed E-state index contributed by atoms with van der Waals surface area (Å²) < 4.78 is 14.1. The minimum absolute atomic E-state index is 0.182. The first-order valence-electron chi connectivity index (χ1n) is 6.57. The van der Waals surface area contributed by atoms with Gasteiger partial charge in [0.1, 0.15) is 5.82 Å². The maximum atomic E-state index is 13.9. The van der Waals surface area contributed by atoms with Crippen LogP contribution in [0.15, 0.2) is 18.2 Å². The molecule has 6 heteroatoms. The van der Waals surface area contributed by atoms with Gasteiger partial charge in [0, 0.05) is 41.3 Å². The van der Waals surface area contributed by atoms with E-state index in [0.717, 1.165) is 18.8 Å². The first kappa shape index (κ1) is 15.3. The molecule has 20 heavy (non-hydrogen) atoms. The summed E-state index contributed by atoms with van der Waals surface area (Å²) in [5, 5.41) is 0. The Hall–Kier alpha value is -1.11. The monoisotopic (exact) mass is 297 g/mol. The number of nitrogens with two attached hydrogens (primary N) is 1. The van der Waals surface area contributed by atoms with Gasteiger partial charge in [-0.2, -0.15) is 11.8 Å². The highest BCUT2D eigenvalue weighted by atomic mass is 32.2. The zero-order chi connectivity index (χ0) is 14.8.